The Balaban J connectivity index is 2.07. The predicted octanol–water partition coefficient (Wildman–Crippen LogP) is 0.496. The molecule has 0 saturated carbocycles. The molecule has 2 rings (SSSR count). The molecular weight excluding hydrogens is 266 g/mol. The van der Waals surface area contributed by atoms with E-state index in [1.807, 2.05) is 12.1 Å². The summed E-state index contributed by atoms with van der Waals surface area (Å²) >= 11 is 0. The lowest BCUT2D eigenvalue weighted by molar-refractivity contribution is 0.0723. The van der Waals surface area contributed by atoms with Crippen molar-refractivity contribution in [2.24, 2.45) is 0 Å². The maximum Gasteiger partial charge on any atom is 0.280 e. The van der Waals surface area contributed by atoms with Crippen molar-refractivity contribution in [3.63, 3.8) is 0 Å². The lowest BCUT2D eigenvalue weighted by atomic mass is 10.1. The third-order valence-electron chi connectivity index (χ3n) is 3.05. The van der Waals surface area contributed by atoms with Gasteiger partial charge in [-0.05, 0) is 24.6 Å². The normalized spacial score (nSPS) is 19.2. The summed E-state index contributed by atoms with van der Waals surface area (Å²) in [5, 5.41) is 0. The summed E-state index contributed by atoms with van der Waals surface area (Å²) in [5.74, 6) is 0. The molecule has 1 heterocycles. The highest BCUT2D eigenvalue weighted by molar-refractivity contribution is 7.87. The number of nitrogen functional groups attached to an aromatic ring is 1. The topological polar surface area (TPSA) is 84.7 Å². The first-order valence-corrected chi connectivity index (χ1v) is 7.63. The van der Waals surface area contributed by atoms with Crippen LogP contribution < -0.4 is 10.5 Å². The highest BCUT2D eigenvalue weighted by atomic mass is 32.2. The number of nitrogens with zero attached hydrogens (tertiary/aromatic N) is 1. The van der Waals surface area contributed by atoms with E-state index in [0.717, 1.165) is 5.56 Å². The average molecular weight is 285 g/mol. The van der Waals surface area contributed by atoms with E-state index in [4.69, 9.17) is 10.5 Å². The van der Waals surface area contributed by atoms with E-state index in [-0.39, 0.29) is 6.04 Å². The minimum absolute atomic E-state index is 0.323. The molecule has 3 N–H and O–H groups in total. The summed E-state index contributed by atoms with van der Waals surface area (Å²) < 4.78 is 33.6. The molecule has 1 atom stereocenters. The molecule has 0 amide bonds. The molecule has 19 heavy (non-hydrogen) atoms. The van der Waals surface area contributed by atoms with Gasteiger partial charge in [0.15, 0.2) is 0 Å². The fourth-order valence-electron chi connectivity index (χ4n) is 1.98. The molecule has 1 saturated heterocycles. The van der Waals surface area contributed by atoms with Crippen LogP contribution in [0.4, 0.5) is 5.69 Å². The smallest absolute Gasteiger partial charge is 0.280 e. The Morgan fingerprint density at radius 3 is 2.68 bits per heavy atom. The van der Waals surface area contributed by atoms with E-state index in [2.05, 4.69) is 4.72 Å². The van der Waals surface area contributed by atoms with Crippen LogP contribution in [0.3, 0.4) is 0 Å². The van der Waals surface area contributed by atoms with Crippen molar-refractivity contribution in [2.45, 2.75) is 13.0 Å². The molecule has 6 nitrogen and oxygen atoms in total. The Morgan fingerprint density at radius 2 is 2.05 bits per heavy atom. The Hall–Kier alpha value is -1.15. The highest BCUT2D eigenvalue weighted by Crippen LogP contribution is 2.17. The number of morpholine rings is 1. The number of anilines is 1. The first kappa shape index (κ1) is 14.3. The first-order valence-electron chi connectivity index (χ1n) is 6.19. The van der Waals surface area contributed by atoms with Gasteiger partial charge >= 0.3 is 0 Å². The number of nitrogens with two attached hydrogens (primary N) is 1. The second kappa shape index (κ2) is 5.87. The fourth-order valence-corrected chi connectivity index (χ4v) is 3.34. The largest absolute Gasteiger partial charge is 0.399 e. The molecule has 0 spiro atoms. The van der Waals surface area contributed by atoms with E-state index in [9.17, 15) is 8.42 Å². The number of rotatable bonds is 4. The van der Waals surface area contributed by atoms with Crippen molar-refractivity contribution in [1.82, 2.24) is 9.03 Å². The van der Waals surface area contributed by atoms with Crippen LogP contribution in [0.1, 0.15) is 18.5 Å². The molecule has 0 aliphatic carbocycles. The maximum absolute atomic E-state index is 12.2. The molecule has 0 aromatic heterocycles. The van der Waals surface area contributed by atoms with Gasteiger partial charge in [0, 0.05) is 24.8 Å². The van der Waals surface area contributed by atoms with Crippen molar-refractivity contribution in [3.8, 4) is 0 Å². The minimum atomic E-state index is -3.48. The Bertz CT molecular complexity index is 527. The summed E-state index contributed by atoms with van der Waals surface area (Å²) in [6.45, 7) is 3.45. The van der Waals surface area contributed by atoms with Crippen LogP contribution >= 0.6 is 0 Å². The van der Waals surface area contributed by atoms with Gasteiger partial charge in [-0.15, -0.1) is 0 Å². The van der Waals surface area contributed by atoms with Crippen LogP contribution in [0, 0.1) is 0 Å². The molecule has 1 unspecified atom stereocenters. The molecular formula is C12H19N3O3S. The van der Waals surface area contributed by atoms with Gasteiger partial charge in [-0.2, -0.15) is 17.4 Å². The zero-order valence-corrected chi connectivity index (χ0v) is 11.7. The third kappa shape index (κ3) is 3.66. The predicted molar refractivity (Wildman–Crippen MR) is 73.7 cm³/mol. The quantitative estimate of drug-likeness (QED) is 0.789. The summed E-state index contributed by atoms with van der Waals surface area (Å²) in [4.78, 5) is 0. The zero-order chi connectivity index (χ0) is 13.9. The van der Waals surface area contributed by atoms with Crippen LogP contribution in [-0.2, 0) is 14.9 Å². The van der Waals surface area contributed by atoms with Crippen LogP contribution in [-0.4, -0.2) is 39.0 Å². The van der Waals surface area contributed by atoms with Crippen molar-refractivity contribution in [2.75, 3.05) is 32.0 Å². The van der Waals surface area contributed by atoms with Crippen LogP contribution in [0.5, 0.6) is 0 Å². The molecule has 106 valence electrons. The van der Waals surface area contributed by atoms with Crippen LogP contribution in [0.15, 0.2) is 24.3 Å². The number of hydrogen-bond acceptors (Lipinski definition) is 4. The minimum Gasteiger partial charge on any atom is -0.399 e. The molecule has 1 aromatic carbocycles. The lowest BCUT2D eigenvalue weighted by Crippen LogP contribution is -2.47. The van der Waals surface area contributed by atoms with Gasteiger partial charge in [0.2, 0.25) is 0 Å². The second-order valence-corrected chi connectivity index (χ2v) is 6.23. The summed E-state index contributed by atoms with van der Waals surface area (Å²) in [6.07, 6.45) is 0. The van der Waals surface area contributed by atoms with E-state index in [0.29, 0.717) is 32.0 Å². The van der Waals surface area contributed by atoms with Crippen LogP contribution in [0.2, 0.25) is 0 Å². The molecule has 1 fully saturated rings. The monoisotopic (exact) mass is 285 g/mol. The molecule has 7 heteroatoms. The van der Waals surface area contributed by atoms with Crippen molar-refractivity contribution < 1.29 is 13.2 Å². The molecule has 1 aliphatic rings. The Labute approximate surface area is 113 Å². The first-order chi connectivity index (χ1) is 8.99. The van der Waals surface area contributed by atoms with Crippen molar-refractivity contribution >= 4 is 15.9 Å². The lowest BCUT2D eigenvalue weighted by Gasteiger charge is -2.27. The summed E-state index contributed by atoms with van der Waals surface area (Å²) in [7, 11) is -3.48. The number of nitrogens with one attached hydrogen (secondary N) is 1. The van der Waals surface area contributed by atoms with E-state index in [1.54, 1.807) is 19.1 Å². The van der Waals surface area contributed by atoms with Gasteiger partial charge in [-0.3, -0.25) is 0 Å². The van der Waals surface area contributed by atoms with Gasteiger partial charge < -0.3 is 10.5 Å². The highest BCUT2D eigenvalue weighted by Gasteiger charge is 2.26. The van der Waals surface area contributed by atoms with Gasteiger partial charge in [0.25, 0.3) is 10.2 Å². The SMILES string of the molecule is CC(NS(=O)(=O)N1CCOCC1)c1cccc(N)c1. The van der Waals surface area contributed by atoms with E-state index >= 15 is 0 Å². The summed E-state index contributed by atoms with van der Waals surface area (Å²) in [6, 6.07) is 6.88. The van der Waals surface area contributed by atoms with E-state index in [1.165, 1.54) is 4.31 Å². The second-order valence-electron chi connectivity index (χ2n) is 4.53. The average Bonchev–Trinajstić information content (AvgIpc) is 2.39. The standard InChI is InChI=1S/C12H19N3O3S/c1-10(11-3-2-4-12(13)9-11)14-19(16,17)15-5-7-18-8-6-15/h2-4,9-10,14H,5-8,13H2,1H3. The molecule has 0 radical (unpaired) electrons. The van der Waals surface area contributed by atoms with Crippen molar-refractivity contribution in [1.29, 1.82) is 0 Å². The maximum atomic E-state index is 12.2. The molecule has 1 aromatic rings. The zero-order valence-electron chi connectivity index (χ0n) is 10.9. The fraction of sp³-hybridized carbons (Fsp3) is 0.500. The van der Waals surface area contributed by atoms with Gasteiger partial charge in [0.1, 0.15) is 0 Å². The third-order valence-corrected chi connectivity index (χ3v) is 4.74. The number of benzene rings is 1. The number of ether oxygens (including phenoxy) is 1. The molecule has 0 bridgehead atoms. The number of hydrogen-bond donors (Lipinski definition) is 2. The Kier molecular flexibility index (Phi) is 4.41. The Morgan fingerprint density at radius 1 is 1.37 bits per heavy atom. The van der Waals surface area contributed by atoms with E-state index < -0.39 is 10.2 Å². The molecule has 1 aliphatic heterocycles. The summed E-state index contributed by atoms with van der Waals surface area (Å²) in [5.41, 5.74) is 7.16. The van der Waals surface area contributed by atoms with Gasteiger partial charge in [-0.25, -0.2) is 0 Å². The van der Waals surface area contributed by atoms with Crippen molar-refractivity contribution in [3.05, 3.63) is 29.8 Å². The van der Waals surface area contributed by atoms with Gasteiger partial charge in [-0.1, -0.05) is 12.1 Å². The van der Waals surface area contributed by atoms with Crippen LogP contribution in [0.25, 0.3) is 0 Å². The van der Waals surface area contributed by atoms with Gasteiger partial charge in [0.05, 0.1) is 13.2 Å².